The molecule has 0 unspecified atom stereocenters. The molecule has 0 atom stereocenters. The van der Waals surface area contributed by atoms with E-state index in [1.165, 1.54) is 7.11 Å². The average molecular weight is 383 g/mol. The molecule has 0 aromatic carbocycles. The van der Waals surface area contributed by atoms with E-state index in [2.05, 4.69) is 15.7 Å². The number of aryl methyl sites for hydroxylation is 1. The Hall–Kier alpha value is -2.32. The standard InChI is InChI=1S/C17H22N4O4.ClH/c1-12-14(15(22)24-2)10-13(25-12)11-19-16(23)17(4-7-18-8-5-17)21-9-3-6-20-21;/h3,6,9-10,18H,4-5,7-8,11H2,1-2H3,(H,19,23);1H. The summed E-state index contributed by atoms with van der Waals surface area (Å²) in [5.41, 5.74) is -0.336. The van der Waals surface area contributed by atoms with Crippen molar-refractivity contribution in [2.24, 2.45) is 0 Å². The summed E-state index contributed by atoms with van der Waals surface area (Å²) in [6.07, 6.45) is 4.81. The van der Waals surface area contributed by atoms with Crippen molar-refractivity contribution in [3.63, 3.8) is 0 Å². The lowest BCUT2D eigenvalue weighted by molar-refractivity contribution is -0.132. The molecule has 0 bridgehead atoms. The van der Waals surface area contributed by atoms with Crippen LogP contribution in [-0.4, -0.2) is 41.9 Å². The Kier molecular flexibility index (Phi) is 6.44. The molecule has 1 fully saturated rings. The van der Waals surface area contributed by atoms with E-state index in [0.717, 1.165) is 13.1 Å². The predicted octanol–water partition coefficient (Wildman–Crippen LogP) is 1.39. The van der Waals surface area contributed by atoms with E-state index < -0.39 is 11.5 Å². The Morgan fingerprint density at radius 1 is 1.42 bits per heavy atom. The molecular weight excluding hydrogens is 360 g/mol. The summed E-state index contributed by atoms with van der Waals surface area (Å²) >= 11 is 0. The van der Waals surface area contributed by atoms with Crippen LogP contribution >= 0.6 is 12.4 Å². The van der Waals surface area contributed by atoms with Crippen molar-refractivity contribution < 1.29 is 18.7 Å². The lowest BCUT2D eigenvalue weighted by Crippen LogP contribution is -2.54. The molecule has 1 aliphatic rings. The maximum Gasteiger partial charge on any atom is 0.341 e. The number of nitrogens with zero attached hydrogens (tertiary/aromatic N) is 2. The van der Waals surface area contributed by atoms with Crippen molar-refractivity contribution >= 4 is 24.3 Å². The second-order valence-electron chi connectivity index (χ2n) is 6.09. The highest BCUT2D eigenvalue weighted by atomic mass is 35.5. The topological polar surface area (TPSA) is 98.4 Å². The normalized spacial score (nSPS) is 15.8. The largest absolute Gasteiger partial charge is 0.465 e. The van der Waals surface area contributed by atoms with E-state index >= 15 is 0 Å². The number of piperidine rings is 1. The molecule has 1 saturated heterocycles. The maximum absolute atomic E-state index is 12.9. The monoisotopic (exact) mass is 382 g/mol. The first-order chi connectivity index (χ1) is 12.1. The zero-order valence-corrected chi connectivity index (χ0v) is 15.6. The van der Waals surface area contributed by atoms with Gasteiger partial charge in [0.2, 0.25) is 5.91 Å². The van der Waals surface area contributed by atoms with E-state index in [-0.39, 0.29) is 24.9 Å². The van der Waals surface area contributed by atoms with Crippen LogP contribution in [0, 0.1) is 6.92 Å². The number of carbonyl (C=O) groups excluding carboxylic acids is 2. The number of halogens is 1. The van der Waals surface area contributed by atoms with Crippen molar-refractivity contribution in [1.82, 2.24) is 20.4 Å². The van der Waals surface area contributed by atoms with E-state index in [4.69, 9.17) is 9.15 Å². The van der Waals surface area contributed by atoms with Gasteiger partial charge in [0, 0.05) is 12.4 Å². The number of hydrogen-bond acceptors (Lipinski definition) is 6. The molecule has 2 aromatic heterocycles. The molecule has 0 radical (unpaired) electrons. The maximum atomic E-state index is 12.9. The van der Waals surface area contributed by atoms with Crippen LogP contribution in [0.2, 0.25) is 0 Å². The van der Waals surface area contributed by atoms with Gasteiger partial charge in [-0.25, -0.2) is 4.79 Å². The summed E-state index contributed by atoms with van der Waals surface area (Å²) < 4.78 is 12.0. The SMILES string of the molecule is COC(=O)c1cc(CNC(=O)C2(n3cccn3)CCNCC2)oc1C.Cl. The van der Waals surface area contributed by atoms with Crippen LogP contribution in [0.1, 0.15) is 34.7 Å². The van der Waals surface area contributed by atoms with Crippen molar-refractivity contribution in [1.29, 1.82) is 0 Å². The Bertz CT molecular complexity index is 751. The molecule has 8 nitrogen and oxygen atoms in total. The van der Waals surface area contributed by atoms with Crippen LogP contribution in [0.5, 0.6) is 0 Å². The molecule has 3 heterocycles. The van der Waals surface area contributed by atoms with E-state index in [1.807, 2.05) is 12.3 Å². The Morgan fingerprint density at radius 2 is 2.15 bits per heavy atom. The lowest BCUT2D eigenvalue weighted by atomic mass is 9.87. The highest BCUT2D eigenvalue weighted by Crippen LogP contribution is 2.27. The molecule has 9 heteroatoms. The van der Waals surface area contributed by atoms with E-state index in [0.29, 0.717) is 29.9 Å². The van der Waals surface area contributed by atoms with Crippen molar-refractivity contribution in [2.45, 2.75) is 31.8 Å². The predicted molar refractivity (Wildman–Crippen MR) is 96.2 cm³/mol. The highest BCUT2D eigenvalue weighted by molar-refractivity contribution is 5.90. The van der Waals surface area contributed by atoms with Gasteiger partial charge in [-0.05, 0) is 45.0 Å². The number of methoxy groups -OCH3 is 1. The summed E-state index contributed by atoms with van der Waals surface area (Å²) in [7, 11) is 1.32. The average Bonchev–Trinajstić information content (AvgIpc) is 3.29. The van der Waals surface area contributed by atoms with E-state index in [9.17, 15) is 9.59 Å². The fraction of sp³-hybridized carbons (Fsp3) is 0.471. The van der Waals surface area contributed by atoms with Gasteiger partial charge < -0.3 is 19.8 Å². The first-order valence-electron chi connectivity index (χ1n) is 8.23. The summed E-state index contributed by atoms with van der Waals surface area (Å²) in [5, 5.41) is 10.5. The van der Waals surface area contributed by atoms with Gasteiger partial charge >= 0.3 is 5.97 Å². The number of furan rings is 1. The first-order valence-corrected chi connectivity index (χ1v) is 8.23. The summed E-state index contributed by atoms with van der Waals surface area (Å²) in [6.45, 7) is 3.39. The van der Waals surface area contributed by atoms with Crippen LogP contribution in [0.25, 0.3) is 0 Å². The third-order valence-electron chi connectivity index (χ3n) is 4.59. The number of carbonyl (C=O) groups is 2. The molecule has 2 N–H and O–H groups in total. The van der Waals surface area contributed by atoms with E-state index in [1.54, 1.807) is 23.9 Å². The number of hydrogen-bond donors (Lipinski definition) is 2. The van der Waals surface area contributed by atoms with Crippen LogP contribution < -0.4 is 10.6 Å². The molecule has 0 spiro atoms. The minimum Gasteiger partial charge on any atom is -0.465 e. The van der Waals surface area contributed by atoms with Gasteiger partial charge in [-0.1, -0.05) is 0 Å². The van der Waals surface area contributed by atoms with Crippen LogP contribution in [0.3, 0.4) is 0 Å². The zero-order chi connectivity index (χ0) is 17.9. The van der Waals surface area contributed by atoms with Gasteiger partial charge in [0.15, 0.2) is 0 Å². The molecule has 0 saturated carbocycles. The second-order valence-corrected chi connectivity index (χ2v) is 6.09. The van der Waals surface area contributed by atoms with Crippen LogP contribution in [-0.2, 0) is 21.6 Å². The summed E-state index contributed by atoms with van der Waals surface area (Å²) in [5.74, 6) is 0.423. The van der Waals surface area contributed by atoms with Crippen LogP contribution in [0.4, 0.5) is 0 Å². The molecule has 26 heavy (non-hydrogen) atoms. The Morgan fingerprint density at radius 3 is 2.77 bits per heavy atom. The van der Waals surface area contributed by atoms with Gasteiger partial charge in [0.05, 0.1) is 13.7 Å². The molecule has 1 aliphatic heterocycles. The molecule has 142 valence electrons. The third kappa shape index (κ3) is 3.76. The highest BCUT2D eigenvalue weighted by Gasteiger charge is 2.41. The van der Waals surface area contributed by atoms with Gasteiger partial charge in [-0.3, -0.25) is 9.48 Å². The summed E-state index contributed by atoms with van der Waals surface area (Å²) in [4.78, 5) is 24.6. The smallest absolute Gasteiger partial charge is 0.341 e. The third-order valence-corrected chi connectivity index (χ3v) is 4.59. The van der Waals surface area contributed by atoms with Gasteiger partial charge in [-0.15, -0.1) is 12.4 Å². The van der Waals surface area contributed by atoms with Gasteiger partial charge in [0.1, 0.15) is 22.6 Å². The van der Waals surface area contributed by atoms with Crippen molar-refractivity contribution in [3.8, 4) is 0 Å². The molecule has 2 aromatic rings. The minimum absolute atomic E-state index is 0. The number of amides is 1. The van der Waals surface area contributed by atoms with Gasteiger partial charge in [0.25, 0.3) is 0 Å². The lowest BCUT2D eigenvalue weighted by Gasteiger charge is -2.36. The number of esters is 1. The molecular formula is C17H23ClN4O4. The van der Waals surface area contributed by atoms with Crippen LogP contribution in [0.15, 0.2) is 28.9 Å². The fourth-order valence-electron chi connectivity index (χ4n) is 3.20. The fourth-order valence-corrected chi connectivity index (χ4v) is 3.20. The zero-order valence-electron chi connectivity index (χ0n) is 14.8. The molecule has 3 rings (SSSR count). The first kappa shape index (κ1) is 20.0. The van der Waals surface area contributed by atoms with Crippen molar-refractivity contribution in [2.75, 3.05) is 20.2 Å². The number of nitrogens with one attached hydrogen (secondary N) is 2. The Labute approximate surface area is 157 Å². The molecule has 1 amide bonds. The second kappa shape index (κ2) is 8.37. The summed E-state index contributed by atoms with van der Waals surface area (Å²) in [6, 6.07) is 3.42. The Balaban J connectivity index is 0.00000243. The number of ether oxygens (including phenoxy) is 1. The van der Waals surface area contributed by atoms with Crippen molar-refractivity contribution in [3.05, 3.63) is 41.6 Å². The van der Waals surface area contributed by atoms with Gasteiger partial charge in [-0.2, -0.15) is 5.10 Å². The number of aromatic nitrogens is 2. The minimum atomic E-state index is -0.707. The quantitative estimate of drug-likeness (QED) is 0.758. The molecule has 0 aliphatic carbocycles. The number of rotatable bonds is 5.